The van der Waals surface area contributed by atoms with Crippen LogP contribution in [0.25, 0.3) is 0 Å². The zero-order valence-corrected chi connectivity index (χ0v) is 10.8. The van der Waals surface area contributed by atoms with E-state index in [1.54, 1.807) is 6.07 Å². The quantitative estimate of drug-likeness (QED) is 0.855. The van der Waals surface area contributed by atoms with Gasteiger partial charge in [-0.15, -0.1) is 0 Å². The molecule has 3 heteroatoms. The van der Waals surface area contributed by atoms with Crippen molar-refractivity contribution in [2.45, 2.75) is 46.1 Å². The molecule has 1 amide bonds. The van der Waals surface area contributed by atoms with Crippen LogP contribution in [0.15, 0.2) is 16.5 Å². The number of hydrogen-bond donors (Lipinski definition) is 1. The van der Waals surface area contributed by atoms with E-state index in [9.17, 15) is 4.79 Å². The van der Waals surface area contributed by atoms with Crippen molar-refractivity contribution >= 4 is 5.91 Å². The van der Waals surface area contributed by atoms with Gasteiger partial charge in [0.05, 0.1) is 0 Å². The lowest BCUT2D eigenvalue weighted by molar-refractivity contribution is 0.0861. The SMILES string of the molecule is Cc1ccc(C(=O)N[C@@H]2CCC[C@H](C)[C@@H]2C)o1. The van der Waals surface area contributed by atoms with Gasteiger partial charge in [0.2, 0.25) is 0 Å². The second-order valence-electron chi connectivity index (χ2n) is 5.26. The van der Waals surface area contributed by atoms with Crippen molar-refractivity contribution in [2.75, 3.05) is 0 Å². The second kappa shape index (κ2) is 4.94. The van der Waals surface area contributed by atoms with E-state index < -0.39 is 0 Å². The molecule has 1 saturated carbocycles. The van der Waals surface area contributed by atoms with Crippen LogP contribution in [0, 0.1) is 18.8 Å². The molecule has 2 rings (SSSR count). The van der Waals surface area contributed by atoms with Gasteiger partial charge in [-0.05, 0) is 37.3 Å². The van der Waals surface area contributed by atoms with Crippen LogP contribution in [-0.2, 0) is 0 Å². The highest BCUT2D eigenvalue weighted by Gasteiger charge is 2.28. The van der Waals surface area contributed by atoms with Crippen LogP contribution in [0.5, 0.6) is 0 Å². The lowest BCUT2D eigenvalue weighted by Crippen LogP contribution is -2.43. The van der Waals surface area contributed by atoms with Crippen LogP contribution < -0.4 is 5.32 Å². The van der Waals surface area contributed by atoms with E-state index in [0.29, 0.717) is 17.6 Å². The molecule has 1 aliphatic carbocycles. The van der Waals surface area contributed by atoms with Crippen LogP contribution in [-0.4, -0.2) is 11.9 Å². The summed E-state index contributed by atoms with van der Waals surface area (Å²) in [5.41, 5.74) is 0. The van der Waals surface area contributed by atoms with E-state index >= 15 is 0 Å². The largest absolute Gasteiger partial charge is 0.456 e. The van der Waals surface area contributed by atoms with E-state index in [1.165, 1.54) is 12.8 Å². The summed E-state index contributed by atoms with van der Waals surface area (Å²) in [5, 5.41) is 3.10. The summed E-state index contributed by atoms with van der Waals surface area (Å²) in [5.74, 6) is 2.35. The third-order valence-electron chi connectivity index (χ3n) is 3.99. The number of amides is 1. The van der Waals surface area contributed by atoms with Gasteiger partial charge in [0.25, 0.3) is 5.91 Å². The predicted molar refractivity (Wildman–Crippen MR) is 66.9 cm³/mol. The third kappa shape index (κ3) is 2.71. The van der Waals surface area contributed by atoms with Gasteiger partial charge in [-0.2, -0.15) is 0 Å². The van der Waals surface area contributed by atoms with Crippen molar-refractivity contribution in [1.82, 2.24) is 5.32 Å². The molecule has 3 atom stereocenters. The molecule has 0 aliphatic heterocycles. The maximum absolute atomic E-state index is 12.0. The third-order valence-corrected chi connectivity index (χ3v) is 3.99. The Balaban J connectivity index is 1.98. The minimum absolute atomic E-state index is 0.0796. The number of carbonyl (C=O) groups excluding carboxylic acids is 1. The van der Waals surface area contributed by atoms with Crippen LogP contribution in [0.2, 0.25) is 0 Å². The molecule has 94 valence electrons. The summed E-state index contributed by atoms with van der Waals surface area (Å²) in [6, 6.07) is 3.85. The molecule has 1 aromatic heterocycles. The van der Waals surface area contributed by atoms with Crippen molar-refractivity contribution in [3.05, 3.63) is 23.7 Å². The molecule has 1 fully saturated rings. The Morgan fingerprint density at radius 3 is 2.76 bits per heavy atom. The summed E-state index contributed by atoms with van der Waals surface area (Å²) >= 11 is 0. The molecule has 0 spiro atoms. The zero-order chi connectivity index (χ0) is 12.4. The zero-order valence-electron chi connectivity index (χ0n) is 10.8. The molecule has 0 aromatic carbocycles. The van der Waals surface area contributed by atoms with Crippen molar-refractivity contribution in [3.63, 3.8) is 0 Å². The first-order chi connectivity index (χ1) is 8.08. The number of nitrogens with one attached hydrogen (secondary N) is 1. The fourth-order valence-electron chi connectivity index (χ4n) is 2.58. The van der Waals surface area contributed by atoms with Crippen LogP contribution in [0.1, 0.15) is 49.4 Å². The minimum atomic E-state index is -0.0796. The molecule has 17 heavy (non-hydrogen) atoms. The number of furan rings is 1. The standard InChI is InChI=1S/C14H21NO2/c1-9-5-4-6-12(11(9)3)15-14(16)13-8-7-10(2)17-13/h7-9,11-12H,4-6H2,1-3H3,(H,15,16)/t9-,11-,12+/m0/s1. The number of rotatable bonds is 2. The minimum Gasteiger partial charge on any atom is -0.456 e. The van der Waals surface area contributed by atoms with Crippen molar-refractivity contribution in [1.29, 1.82) is 0 Å². The molecule has 0 bridgehead atoms. The molecular formula is C14H21NO2. The number of carbonyl (C=O) groups is 1. The topological polar surface area (TPSA) is 42.2 Å². The molecular weight excluding hydrogens is 214 g/mol. The van der Waals surface area contributed by atoms with Crippen LogP contribution in [0.3, 0.4) is 0 Å². The van der Waals surface area contributed by atoms with Gasteiger partial charge in [-0.3, -0.25) is 4.79 Å². The number of aryl methyl sites for hydroxylation is 1. The summed E-state index contributed by atoms with van der Waals surface area (Å²) in [4.78, 5) is 12.0. The Labute approximate surface area is 103 Å². The maximum atomic E-state index is 12.0. The molecule has 3 nitrogen and oxygen atoms in total. The highest BCUT2D eigenvalue weighted by atomic mass is 16.3. The van der Waals surface area contributed by atoms with Crippen molar-refractivity contribution in [3.8, 4) is 0 Å². The first kappa shape index (κ1) is 12.2. The smallest absolute Gasteiger partial charge is 0.287 e. The summed E-state index contributed by atoms with van der Waals surface area (Å²) in [7, 11) is 0. The molecule has 1 N–H and O–H groups in total. The lowest BCUT2D eigenvalue weighted by atomic mass is 9.78. The fraction of sp³-hybridized carbons (Fsp3) is 0.643. The van der Waals surface area contributed by atoms with E-state index in [1.807, 2.05) is 13.0 Å². The van der Waals surface area contributed by atoms with Gasteiger partial charge in [0.15, 0.2) is 5.76 Å². The van der Waals surface area contributed by atoms with Crippen LogP contribution in [0.4, 0.5) is 0 Å². The molecule has 1 heterocycles. The molecule has 0 unspecified atom stereocenters. The molecule has 1 aliphatic rings. The molecule has 1 aromatic rings. The average Bonchev–Trinajstić information content (AvgIpc) is 2.72. The van der Waals surface area contributed by atoms with Gasteiger partial charge in [-0.1, -0.05) is 26.7 Å². The van der Waals surface area contributed by atoms with Crippen LogP contribution >= 0.6 is 0 Å². The summed E-state index contributed by atoms with van der Waals surface area (Å²) < 4.78 is 5.34. The molecule has 0 radical (unpaired) electrons. The van der Waals surface area contributed by atoms with E-state index in [4.69, 9.17) is 4.42 Å². The maximum Gasteiger partial charge on any atom is 0.287 e. The fourth-order valence-corrected chi connectivity index (χ4v) is 2.58. The molecule has 0 saturated heterocycles. The van der Waals surface area contributed by atoms with E-state index in [0.717, 1.165) is 12.2 Å². The van der Waals surface area contributed by atoms with Crippen molar-refractivity contribution < 1.29 is 9.21 Å². The van der Waals surface area contributed by atoms with Gasteiger partial charge in [0.1, 0.15) is 5.76 Å². The average molecular weight is 235 g/mol. The first-order valence-electron chi connectivity index (χ1n) is 6.45. The Bertz CT molecular complexity index is 397. The predicted octanol–water partition coefficient (Wildman–Crippen LogP) is 3.14. The monoisotopic (exact) mass is 235 g/mol. The highest BCUT2D eigenvalue weighted by molar-refractivity contribution is 5.91. The Morgan fingerprint density at radius 2 is 2.12 bits per heavy atom. The van der Waals surface area contributed by atoms with E-state index in [2.05, 4.69) is 19.2 Å². The van der Waals surface area contributed by atoms with Gasteiger partial charge in [-0.25, -0.2) is 0 Å². The normalized spacial score (nSPS) is 29.0. The Morgan fingerprint density at radius 1 is 1.35 bits per heavy atom. The second-order valence-corrected chi connectivity index (χ2v) is 5.26. The van der Waals surface area contributed by atoms with Gasteiger partial charge in [0, 0.05) is 6.04 Å². The Hall–Kier alpha value is -1.25. The summed E-state index contributed by atoms with van der Waals surface area (Å²) in [6.45, 7) is 6.34. The Kier molecular flexibility index (Phi) is 3.55. The highest BCUT2D eigenvalue weighted by Crippen LogP contribution is 2.29. The van der Waals surface area contributed by atoms with E-state index in [-0.39, 0.29) is 11.9 Å². The van der Waals surface area contributed by atoms with Gasteiger partial charge < -0.3 is 9.73 Å². The number of hydrogen-bond acceptors (Lipinski definition) is 2. The first-order valence-corrected chi connectivity index (χ1v) is 6.45. The summed E-state index contributed by atoms with van der Waals surface area (Å²) in [6.07, 6.45) is 3.55. The van der Waals surface area contributed by atoms with Crippen molar-refractivity contribution in [2.24, 2.45) is 11.8 Å². The lowest BCUT2D eigenvalue weighted by Gasteiger charge is -2.34. The van der Waals surface area contributed by atoms with Gasteiger partial charge >= 0.3 is 0 Å².